The first-order valence-electron chi connectivity index (χ1n) is 34.2. The van der Waals surface area contributed by atoms with Crippen LogP contribution in [0.1, 0.15) is 319 Å². The van der Waals surface area contributed by atoms with Crippen LogP contribution in [0.15, 0.2) is 0 Å². The number of esters is 4. The first kappa shape index (κ1) is 83.1. The minimum absolute atomic E-state index is 0.103. The van der Waals surface area contributed by atoms with Gasteiger partial charge in [-0.3, -0.25) is 37.3 Å². The normalized spacial score (nSPS) is 14.7. The summed E-state index contributed by atoms with van der Waals surface area (Å²) in [5.74, 6) is 0.781. The smallest absolute Gasteiger partial charge is 0.462 e. The molecule has 0 aliphatic carbocycles. The van der Waals surface area contributed by atoms with E-state index in [9.17, 15) is 43.2 Å². The lowest BCUT2D eigenvalue weighted by atomic mass is 10.00. The van der Waals surface area contributed by atoms with E-state index in [1.165, 1.54) is 109 Å². The minimum atomic E-state index is -4.95. The van der Waals surface area contributed by atoms with Crippen molar-refractivity contribution in [2.45, 2.75) is 337 Å². The van der Waals surface area contributed by atoms with Crippen LogP contribution in [-0.2, 0) is 65.4 Å². The molecule has 0 bridgehead atoms. The molecule has 6 atom stereocenters. The molecule has 17 nitrogen and oxygen atoms in total. The van der Waals surface area contributed by atoms with Crippen LogP contribution in [0.25, 0.3) is 0 Å². The summed E-state index contributed by atoms with van der Waals surface area (Å²) in [5, 5.41) is 10.6. The lowest BCUT2D eigenvalue weighted by molar-refractivity contribution is -0.161. The minimum Gasteiger partial charge on any atom is -0.462 e. The van der Waals surface area contributed by atoms with E-state index in [2.05, 4.69) is 55.4 Å². The lowest BCUT2D eigenvalue weighted by Crippen LogP contribution is -2.30. The molecule has 0 saturated carbocycles. The summed E-state index contributed by atoms with van der Waals surface area (Å²) in [7, 11) is -9.89. The van der Waals surface area contributed by atoms with Crippen molar-refractivity contribution < 1.29 is 80.2 Å². The van der Waals surface area contributed by atoms with E-state index in [-0.39, 0.29) is 25.7 Å². The number of rotatable bonds is 63. The van der Waals surface area contributed by atoms with Gasteiger partial charge in [0.25, 0.3) is 0 Å². The fourth-order valence-corrected chi connectivity index (χ4v) is 11.3. The molecule has 0 aliphatic rings. The number of aliphatic hydroxyl groups excluding tert-OH is 1. The van der Waals surface area contributed by atoms with Gasteiger partial charge in [-0.1, -0.05) is 267 Å². The van der Waals surface area contributed by atoms with Crippen LogP contribution in [0.4, 0.5) is 0 Å². The third-order valence-electron chi connectivity index (χ3n) is 15.4. The van der Waals surface area contributed by atoms with E-state index < -0.39 is 97.5 Å². The zero-order chi connectivity index (χ0) is 63.2. The van der Waals surface area contributed by atoms with Crippen molar-refractivity contribution in [2.24, 2.45) is 23.7 Å². The molecule has 0 fully saturated rings. The molecule has 0 rings (SSSR count). The van der Waals surface area contributed by atoms with E-state index in [0.29, 0.717) is 31.6 Å². The van der Waals surface area contributed by atoms with Crippen molar-refractivity contribution >= 4 is 39.5 Å². The van der Waals surface area contributed by atoms with Crippen LogP contribution in [0.5, 0.6) is 0 Å². The predicted octanol–water partition coefficient (Wildman–Crippen LogP) is 18.1. The second-order valence-corrected chi connectivity index (χ2v) is 28.4. The van der Waals surface area contributed by atoms with E-state index in [4.69, 9.17) is 37.0 Å². The zero-order valence-corrected chi connectivity index (χ0v) is 57.0. The first-order valence-corrected chi connectivity index (χ1v) is 37.2. The molecule has 0 aliphatic heterocycles. The monoisotopic (exact) mass is 1250 g/mol. The van der Waals surface area contributed by atoms with Gasteiger partial charge in [0.05, 0.1) is 26.4 Å². The highest BCUT2D eigenvalue weighted by Crippen LogP contribution is 2.45. The topological polar surface area (TPSA) is 237 Å². The quantitative estimate of drug-likeness (QED) is 0.0222. The Morgan fingerprint density at radius 1 is 0.329 bits per heavy atom. The second kappa shape index (κ2) is 56.1. The fourth-order valence-electron chi connectivity index (χ4n) is 9.75. The molecular formula is C66H128O17P2. The summed E-state index contributed by atoms with van der Waals surface area (Å²) in [6, 6.07) is 0. The van der Waals surface area contributed by atoms with E-state index in [0.717, 1.165) is 120 Å². The van der Waals surface area contributed by atoms with Gasteiger partial charge in [0.15, 0.2) is 12.2 Å². The molecule has 0 aromatic heterocycles. The van der Waals surface area contributed by atoms with Gasteiger partial charge < -0.3 is 33.8 Å². The molecule has 0 saturated heterocycles. The van der Waals surface area contributed by atoms with Crippen LogP contribution in [0, 0.1) is 23.7 Å². The molecule has 85 heavy (non-hydrogen) atoms. The zero-order valence-electron chi connectivity index (χ0n) is 55.2. The molecule has 3 unspecified atom stereocenters. The summed E-state index contributed by atoms with van der Waals surface area (Å²) in [4.78, 5) is 72.3. The van der Waals surface area contributed by atoms with Gasteiger partial charge in [-0.2, -0.15) is 0 Å². The van der Waals surface area contributed by atoms with Gasteiger partial charge in [0, 0.05) is 25.7 Å². The number of phosphoric acid groups is 2. The Labute approximate surface area is 517 Å². The molecule has 504 valence electrons. The standard InChI is InChI=1S/C66H128O17P2/c1-9-59(8)45-37-29-24-25-31-39-47-64(69)77-53-62(83-66(71)49-41-33-22-16-15-19-27-35-43-57(4)5)55-81-85(74,75)79-51-60(67)50-78-84(72,73)80-54-61(52-76-63(68)46-38-30-23-17-20-28-36-44-58(6)7)82-65(70)48-40-32-21-14-12-10-11-13-18-26-34-42-56(2)3/h56-62,67H,9-55H2,1-8H3,(H,72,73)(H,74,75)/t59?,60-,61-,62-/m1/s1. The number of unbranched alkanes of at least 4 members (excludes halogenated alkanes) is 28. The van der Waals surface area contributed by atoms with Gasteiger partial charge in [0.2, 0.25) is 0 Å². The predicted molar refractivity (Wildman–Crippen MR) is 340 cm³/mol. The SMILES string of the molecule is CCC(C)CCCCCCCCC(=O)OC[C@H](COP(=O)(O)OC[C@H](O)COP(=O)(O)OC[C@@H](COC(=O)CCCCCCCCCC(C)C)OC(=O)CCCCCCCCCCCCCC(C)C)OC(=O)CCCCCCCCCCC(C)C. The Hall–Kier alpha value is -1.94. The Balaban J connectivity index is 5.26. The Morgan fingerprint density at radius 3 is 0.835 bits per heavy atom. The molecule has 0 aromatic rings. The van der Waals surface area contributed by atoms with Gasteiger partial charge in [-0.25, -0.2) is 9.13 Å². The average molecular weight is 1260 g/mol. The molecule has 0 aromatic carbocycles. The maximum absolute atomic E-state index is 13.0. The van der Waals surface area contributed by atoms with Gasteiger partial charge in [0.1, 0.15) is 19.3 Å². The third-order valence-corrected chi connectivity index (χ3v) is 17.3. The van der Waals surface area contributed by atoms with E-state index >= 15 is 0 Å². The molecule has 0 spiro atoms. The van der Waals surface area contributed by atoms with Crippen molar-refractivity contribution in [3.05, 3.63) is 0 Å². The van der Waals surface area contributed by atoms with Crippen molar-refractivity contribution in [3.63, 3.8) is 0 Å². The Bertz CT molecular complexity index is 1700. The highest BCUT2D eigenvalue weighted by atomic mass is 31.2. The summed E-state index contributed by atoms with van der Waals surface area (Å²) < 4.78 is 68.1. The van der Waals surface area contributed by atoms with Crippen LogP contribution >= 0.6 is 15.6 Å². The van der Waals surface area contributed by atoms with Crippen LogP contribution in [0.3, 0.4) is 0 Å². The number of phosphoric ester groups is 2. The average Bonchev–Trinajstić information content (AvgIpc) is 3.53. The van der Waals surface area contributed by atoms with Crippen LogP contribution < -0.4 is 0 Å². The van der Waals surface area contributed by atoms with E-state index in [1.807, 2.05) is 0 Å². The van der Waals surface area contributed by atoms with Crippen LogP contribution in [0.2, 0.25) is 0 Å². The number of carbonyl (C=O) groups is 4. The van der Waals surface area contributed by atoms with Crippen molar-refractivity contribution in [1.29, 1.82) is 0 Å². The highest BCUT2D eigenvalue weighted by Gasteiger charge is 2.30. The second-order valence-electron chi connectivity index (χ2n) is 25.5. The summed E-state index contributed by atoms with van der Waals surface area (Å²) in [6.45, 7) is 14.0. The maximum Gasteiger partial charge on any atom is 0.472 e. The summed E-state index contributed by atoms with van der Waals surface area (Å²) in [5.41, 5.74) is 0. The summed E-state index contributed by atoms with van der Waals surface area (Å²) in [6.07, 6.45) is 36.3. The highest BCUT2D eigenvalue weighted by molar-refractivity contribution is 7.47. The molecule has 0 amide bonds. The van der Waals surface area contributed by atoms with Crippen LogP contribution in [-0.4, -0.2) is 96.7 Å². The van der Waals surface area contributed by atoms with Crippen molar-refractivity contribution in [1.82, 2.24) is 0 Å². The summed E-state index contributed by atoms with van der Waals surface area (Å²) >= 11 is 0. The Kier molecular flexibility index (Phi) is 54.8. The molecular weight excluding hydrogens is 1130 g/mol. The van der Waals surface area contributed by atoms with Gasteiger partial charge in [-0.05, 0) is 49.4 Å². The maximum atomic E-state index is 13.0. The first-order chi connectivity index (χ1) is 40.6. The third kappa shape index (κ3) is 59.5. The van der Waals surface area contributed by atoms with Crippen molar-refractivity contribution in [3.8, 4) is 0 Å². The number of aliphatic hydroxyl groups is 1. The largest absolute Gasteiger partial charge is 0.472 e. The number of hydrogen-bond donors (Lipinski definition) is 3. The lowest BCUT2D eigenvalue weighted by Gasteiger charge is -2.21. The van der Waals surface area contributed by atoms with E-state index in [1.54, 1.807) is 0 Å². The fraction of sp³-hybridized carbons (Fsp3) is 0.939. The molecule has 3 N–H and O–H groups in total. The molecule has 19 heteroatoms. The molecule has 0 heterocycles. The number of ether oxygens (including phenoxy) is 4. The number of hydrogen-bond acceptors (Lipinski definition) is 15. The van der Waals surface area contributed by atoms with Gasteiger partial charge >= 0.3 is 39.5 Å². The van der Waals surface area contributed by atoms with Crippen molar-refractivity contribution in [2.75, 3.05) is 39.6 Å². The Morgan fingerprint density at radius 2 is 0.565 bits per heavy atom. The van der Waals surface area contributed by atoms with Gasteiger partial charge in [-0.15, -0.1) is 0 Å². The number of carbonyl (C=O) groups excluding carboxylic acids is 4. The molecule has 0 radical (unpaired) electrons.